The molecule has 96 valence electrons. The molecule has 0 heterocycles. The van der Waals surface area contributed by atoms with Crippen molar-refractivity contribution in [2.45, 2.75) is 27.7 Å². The minimum Gasteiger partial charge on any atom is -0.114 e. The SMILES string of the molecule is Br.Cc1ccc(C)c([I+]c2cc(C)ccc2C)c1. The highest BCUT2D eigenvalue weighted by Crippen LogP contribution is 2.03. The molecule has 0 aliphatic carbocycles. The molecule has 0 aromatic heterocycles. The molecule has 0 amide bonds. The Kier molecular flexibility index (Phi) is 5.86. The summed E-state index contributed by atoms with van der Waals surface area (Å²) in [4.78, 5) is 0. The van der Waals surface area contributed by atoms with Gasteiger partial charge in [0.2, 0.25) is 0 Å². The van der Waals surface area contributed by atoms with Gasteiger partial charge in [-0.25, -0.2) is 0 Å². The first-order chi connectivity index (χ1) is 8.06. The Balaban J connectivity index is 0.00000162. The van der Waals surface area contributed by atoms with E-state index >= 15 is 0 Å². The molecule has 0 N–H and O–H groups in total. The maximum atomic E-state index is 2.35. The fourth-order valence-corrected chi connectivity index (χ4v) is 4.84. The van der Waals surface area contributed by atoms with E-state index in [9.17, 15) is 0 Å². The van der Waals surface area contributed by atoms with Gasteiger partial charge in [0.1, 0.15) is 0 Å². The first kappa shape index (κ1) is 15.7. The van der Waals surface area contributed by atoms with Crippen molar-refractivity contribution in [3.63, 3.8) is 0 Å². The first-order valence-electron chi connectivity index (χ1n) is 5.85. The average Bonchev–Trinajstić information content (AvgIpc) is 2.28. The zero-order valence-corrected chi connectivity index (χ0v) is 15.1. The van der Waals surface area contributed by atoms with Gasteiger partial charge >= 0.3 is 21.2 Å². The standard InChI is InChI=1S/C16H18I.BrH/c1-11-5-7-13(3)15(9-11)17-16-10-12(2)6-8-14(16)4;/h5-10H,1-4H3;1H/q+1;. The minimum atomic E-state index is -0.0483. The smallest absolute Gasteiger partial charge is 0.114 e. The van der Waals surface area contributed by atoms with Crippen molar-refractivity contribution < 1.29 is 21.2 Å². The third-order valence-electron chi connectivity index (χ3n) is 2.86. The molecular formula is C16H19BrI+. The Hall–Kier alpha value is -0.350. The van der Waals surface area contributed by atoms with E-state index in [1.165, 1.54) is 22.3 Å². The van der Waals surface area contributed by atoms with E-state index in [2.05, 4.69) is 64.1 Å². The molecule has 0 aliphatic rings. The quantitative estimate of drug-likeness (QED) is 0.651. The Morgan fingerprint density at radius 3 is 1.44 bits per heavy atom. The van der Waals surface area contributed by atoms with Crippen LogP contribution in [0, 0.1) is 34.8 Å². The molecule has 2 heteroatoms. The van der Waals surface area contributed by atoms with Crippen LogP contribution in [0.15, 0.2) is 36.4 Å². The van der Waals surface area contributed by atoms with Gasteiger partial charge in [-0.05, 0) is 51.0 Å². The van der Waals surface area contributed by atoms with Gasteiger partial charge in [-0.1, -0.05) is 24.3 Å². The fourth-order valence-electron chi connectivity index (χ4n) is 1.71. The molecule has 0 radical (unpaired) electrons. The molecule has 0 saturated heterocycles. The van der Waals surface area contributed by atoms with Crippen LogP contribution >= 0.6 is 17.0 Å². The summed E-state index contributed by atoms with van der Waals surface area (Å²) >= 11 is -0.0483. The number of aryl methyl sites for hydroxylation is 4. The molecule has 0 bridgehead atoms. The monoisotopic (exact) mass is 417 g/mol. The molecule has 2 aromatic carbocycles. The van der Waals surface area contributed by atoms with Gasteiger partial charge in [-0.15, -0.1) is 17.0 Å². The molecule has 0 nitrogen and oxygen atoms in total. The van der Waals surface area contributed by atoms with E-state index < -0.39 is 0 Å². The summed E-state index contributed by atoms with van der Waals surface area (Å²) in [5, 5.41) is 0. The van der Waals surface area contributed by atoms with Crippen molar-refractivity contribution in [3.05, 3.63) is 65.8 Å². The van der Waals surface area contributed by atoms with Crippen molar-refractivity contribution in [2.75, 3.05) is 0 Å². The van der Waals surface area contributed by atoms with Crippen LogP contribution in [-0.4, -0.2) is 0 Å². The van der Waals surface area contributed by atoms with Gasteiger partial charge in [0, 0.05) is 11.1 Å². The van der Waals surface area contributed by atoms with Gasteiger partial charge in [-0.2, -0.15) is 0 Å². The molecule has 2 rings (SSSR count). The minimum absolute atomic E-state index is 0. The lowest BCUT2D eigenvalue weighted by Gasteiger charge is -1.98. The molecule has 0 fully saturated rings. The van der Waals surface area contributed by atoms with Crippen LogP contribution in [0.3, 0.4) is 0 Å². The maximum absolute atomic E-state index is 2.35. The van der Waals surface area contributed by atoms with Crippen LogP contribution in [0.2, 0.25) is 0 Å². The Morgan fingerprint density at radius 2 is 1.06 bits per heavy atom. The maximum Gasteiger partial charge on any atom is 0.358 e. The molecule has 2 aromatic rings. The van der Waals surface area contributed by atoms with E-state index in [4.69, 9.17) is 0 Å². The first-order valence-corrected chi connectivity index (χ1v) is 8.01. The van der Waals surface area contributed by atoms with Crippen LogP contribution in [0.4, 0.5) is 0 Å². The molecule has 0 atom stereocenters. The van der Waals surface area contributed by atoms with Crippen molar-refractivity contribution in [1.29, 1.82) is 0 Å². The van der Waals surface area contributed by atoms with Crippen LogP contribution in [-0.2, 0) is 0 Å². The topological polar surface area (TPSA) is 0 Å². The second-order valence-corrected chi connectivity index (χ2v) is 7.46. The number of rotatable bonds is 2. The second kappa shape index (κ2) is 6.71. The van der Waals surface area contributed by atoms with E-state index in [-0.39, 0.29) is 38.2 Å². The van der Waals surface area contributed by atoms with E-state index in [1.807, 2.05) is 0 Å². The molecule has 0 unspecified atom stereocenters. The third-order valence-corrected chi connectivity index (χ3v) is 6.34. The molecule has 0 spiro atoms. The highest BCUT2D eigenvalue weighted by atomic mass is 127. The zero-order valence-electron chi connectivity index (χ0n) is 11.3. The normalized spacial score (nSPS) is 10.0. The summed E-state index contributed by atoms with van der Waals surface area (Å²) in [6, 6.07) is 13.6. The molecule has 0 saturated carbocycles. The lowest BCUT2D eigenvalue weighted by Crippen LogP contribution is -3.62. The summed E-state index contributed by atoms with van der Waals surface area (Å²) in [6.45, 7) is 8.80. The summed E-state index contributed by atoms with van der Waals surface area (Å²) in [7, 11) is 0. The number of hydrogen-bond donors (Lipinski definition) is 0. The van der Waals surface area contributed by atoms with Crippen molar-refractivity contribution in [2.24, 2.45) is 0 Å². The van der Waals surface area contributed by atoms with Gasteiger partial charge in [0.25, 0.3) is 0 Å². The number of hydrogen-bond acceptors (Lipinski definition) is 0. The van der Waals surface area contributed by atoms with Crippen LogP contribution in [0.1, 0.15) is 22.3 Å². The number of halogens is 2. The predicted molar refractivity (Wildman–Crippen MR) is 79.5 cm³/mol. The van der Waals surface area contributed by atoms with E-state index in [1.54, 1.807) is 7.14 Å². The fraction of sp³-hybridized carbons (Fsp3) is 0.250. The Morgan fingerprint density at radius 1 is 0.667 bits per heavy atom. The van der Waals surface area contributed by atoms with Crippen LogP contribution in [0.25, 0.3) is 0 Å². The lowest BCUT2D eigenvalue weighted by molar-refractivity contribution is -0.598. The highest BCUT2D eigenvalue weighted by molar-refractivity contribution is 8.93. The molecule has 18 heavy (non-hydrogen) atoms. The van der Waals surface area contributed by atoms with Gasteiger partial charge < -0.3 is 0 Å². The number of benzene rings is 2. The summed E-state index contributed by atoms with van der Waals surface area (Å²) in [6.07, 6.45) is 0. The van der Waals surface area contributed by atoms with Crippen LogP contribution < -0.4 is 21.2 Å². The van der Waals surface area contributed by atoms with Gasteiger partial charge in [0.15, 0.2) is 7.14 Å². The van der Waals surface area contributed by atoms with E-state index in [0.717, 1.165) is 0 Å². The van der Waals surface area contributed by atoms with Gasteiger partial charge in [-0.3, -0.25) is 0 Å². The average molecular weight is 418 g/mol. The Labute approximate surface area is 131 Å². The summed E-state index contributed by atoms with van der Waals surface area (Å²) < 4.78 is 3.11. The zero-order chi connectivity index (χ0) is 12.4. The van der Waals surface area contributed by atoms with Crippen molar-refractivity contribution >= 4 is 17.0 Å². The Bertz CT molecular complexity index is 497. The van der Waals surface area contributed by atoms with E-state index in [0.29, 0.717) is 0 Å². The summed E-state index contributed by atoms with van der Waals surface area (Å²) in [5.74, 6) is 0. The van der Waals surface area contributed by atoms with Crippen LogP contribution in [0.5, 0.6) is 0 Å². The third kappa shape index (κ3) is 3.82. The molecular weight excluding hydrogens is 399 g/mol. The predicted octanol–water partition coefficient (Wildman–Crippen LogP) is 1.63. The summed E-state index contributed by atoms with van der Waals surface area (Å²) in [5.41, 5.74) is 5.61. The van der Waals surface area contributed by atoms with Crippen molar-refractivity contribution in [3.8, 4) is 0 Å². The lowest BCUT2D eigenvalue weighted by atomic mass is 10.2. The second-order valence-electron chi connectivity index (χ2n) is 4.60. The largest absolute Gasteiger partial charge is 0.358 e. The van der Waals surface area contributed by atoms with Gasteiger partial charge in [0.05, 0.1) is 0 Å². The highest BCUT2D eigenvalue weighted by Gasteiger charge is 2.20. The molecule has 0 aliphatic heterocycles. The van der Waals surface area contributed by atoms with Crippen molar-refractivity contribution in [1.82, 2.24) is 0 Å².